The van der Waals surface area contributed by atoms with E-state index in [1.54, 1.807) is 11.1 Å². The predicted octanol–water partition coefficient (Wildman–Crippen LogP) is 9.56. The summed E-state index contributed by atoms with van der Waals surface area (Å²) in [6.07, 6.45) is 17.3. The molecule has 0 aromatic heterocycles. The van der Waals surface area contributed by atoms with Crippen LogP contribution in [-0.2, 0) is 25.7 Å². The van der Waals surface area contributed by atoms with Crippen LogP contribution in [-0.4, -0.2) is 36.5 Å². The third-order valence-electron chi connectivity index (χ3n) is 7.94. The smallest absolute Gasteiger partial charge is 0.0554 e. The van der Waals surface area contributed by atoms with Crippen molar-refractivity contribution in [2.45, 2.75) is 85.5 Å². The van der Waals surface area contributed by atoms with E-state index in [9.17, 15) is 0 Å². The quantitative estimate of drug-likeness (QED) is 0.158. The Kier molecular flexibility index (Phi) is 17.4. The Morgan fingerprint density at radius 2 is 1.50 bits per heavy atom. The zero-order valence-electron chi connectivity index (χ0n) is 28.3. The number of nitrogens with one attached hydrogen (secondary N) is 1. The van der Waals surface area contributed by atoms with Crippen molar-refractivity contribution in [3.8, 4) is 0 Å². The van der Waals surface area contributed by atoms with Crippen LogP contribution in [0.4, 0.5) is 5.69 Å². The predicted molar refractivity (Wildman–Crippen MR) is 204 cm³/mol. The molecule has 3 N–H and O–H groups in total. The molecule has 0 unspecified atom stereocenters. The average molecular weight is 614 g/mol. The molecule has 0 spiro atoms. The fourth-order valence-electron chi connectivity index (χ4n) is 5.39. The molecule has 2 aliphatic rings. The number of nitrogens with two attached hydrogens (primary N) is 1. The molecule has 3 aromatic carbocycles. The lowest BCUT2D eigenvalue weighted by Crippen LogP contribution is -2.12. The maximum atomic E-state index is 5.60. The minimum absolute atomic E-state index is 0.738. The highest BCUT2D eigenvalue weighted by molar-refractivity contribution is 8.27. The Bertz CT molecular complexity index is 1360. The summed E-state index contributed by atoms with van der Waals surface area (Å²) in [5, 5.41) is 3.07. The fourth-order valence-corrected chi connectivity index (χ4v) is 6.88. The first-order valence-corrected chi connectivity index (χ1v) is 19.0. The molecular formula is C40H59N3S. The van der Waals surface area contributed by atoms with E-state index in [4.69, 9.17) is 5.73 Å². The van der Waals surface area contributed by atoms with Crippen molar-refractivity contribution >= 4 is 32.8 Å². The average Bonchev–Trinajstić information content (AvgIpc) is 3.29. The molecule has 1 heterocycles. The zero-order valence-corrected chi connectivity index (χ0v) is 29.1. The van der Waals surface area contributed by atoms with Crippen molar-refractivity contribution in [1.82, 2.24) is 5.32 Å². The summed E-state index contributed by atoms with van der Waals surface area (Å²) in [5.74, 6) is 10.3. The monoisotopic (exact) mass is 613 g/mol. The number of nitrogen functional groups attached to an aromatic ring is 1. The molecule has 0 amide bonds. The van der Waals surface area contributed by atoms with Crippen molar-refractivity contribution in [3.05, 3.63) is 113 Å². The molecule has 1 aliphatic heterocycles. The van der Waals surface area contributed by atoms with Crippen LogP contribution < -0.4 is 11.1 Å². The Labute approximate surface area is 270 Å². The molecule has 0 saturated heterocycles. The van der Waals surface area contributed by atoms with E-state index in [1.807, 2.05) is 24.5 Å². The van der Waals surface area contributed by atoms with Crippen molar-refractivity contribution in [3.63, 3.8) is 0 Å². The van der Waals surface area contributed by atoms with Gasteiger partial charge in [0.2, 0.25) is 0 Å². The van der Waals surface area contributed by atoms with E-state index < -0.39 is 9.21 Å². The summed E-state index contributed by atoms with van der Waals surface area (Å²) >= 11 is 0. The molecule has 4 heteroatoms. The highest BCUT2D eigenvalue weighted by Crippen LogP contribution is 2.23. The van der Waals surface area contributed by atoms with Gasteiger partial charge in [-0.2, -0.15) is 0 Å². The molecule has 0 radical (unpaired) electrons. The summed E-state index contributed by atoms with van der Waals surface area (Å²) < 4.78 is 0. The second kappa shape index (κ2) is 20.7. The molecular weight excluding hydrogens is 555 g/mol. The van der Waals surface area contributed by atoms with Crippen LogP contribution in [0.3, 0.4) is 0 Å². The molecule has 0 fully saturated rings. The van der Waals surface area contributed by atoms with Crippen LogP contribution >= 0.6 is 9.21 Å². The summed E-state index contributed by atoms with van der Waals surface area (Å²) in [4.78, 5) is 4.12. The number of rotatable bonds is 7. The Morgan fingerprint density at radius 1 is 0.864 bits per heavy atom. The molecule has 1 atom stereocenters. The first kappa shape index (κ1) is 36.9. The maximum Gasteiger partial charge on any atom is 0.0554 e. The summed E-state index contributed by atoms with van der Waals surface area (Å²) in [6.45, 7) is 9.48. The lowest BCUT2D eigenvalue weighted by molar-refractivity contribution is 0.570. The van der Waals surface area contributed by atoms with Gasteiger partial charge >= 0.3 is 0 Å². The van der Waals surface area contributed by atoms with Crippen LogP contribution in [0.5, 0.6) is 0 Å². The molecule has 5 rings (SSSR count). The van der Waals surface area contributed by atoms with Gasteiger partial charge in [-0.25, -0.2) is 9.21 Å². The van der Waals surface area contributed by atoms with E-state index in [0.717, 1.165) is 36.7 Å². The summed E-state index contributed by atoms with van der Waals surface area (Å²) in [5.41, 5.74) is 14.9. The first-order valence-electron chi connectivity index (χ1n) is 16.5. The molecule has 1 aliphatic carbocycles. The number of nitrogens with zero attached hydrogens (tertiary/aromatic N) is 1. The van der Waals surface area contributed by atoms with E-state index in [-0.39, 0.29) is 0 Å². The van der Waals surface area contributed by atoms with Crippen molar-refractivity contribution in [1.29, 1.82) is 0 Å². The van der Waals surface area contributed by atoms with E-state index in [2.05, 4.69) is 117 Å². The second-order valence-corrected chi connectivity index (χ2v) is 15.5. The third kappa shape index (κ3) is 15.5. The fraction of sp³-hybridized carbons (Fsp3) is 0.425. The lowest BCUT2D eigenvalue weighted by atomic mass is 9.99. The minimum Gasteiger partial charge on any atom is -0.399 e. The van der Waals surface area contributed by atoms with Gasteiger partial charge in [0.25, 0.3) is 0 Å². The third-order valence-corrected chi connectivity index (χ3v) is 9.22. The van der Waals surface area contributed by atoms with E-state index >= 15 is 0 Å². The maximum absolute atomic E-state index is 5.60. The first-order chi connectivity index (χ1) is 21.1. The lowest BCUT2D eigenvalue weighted by Gasteiger charge is -2.18. The van der Waals surface area contributed by atoms with Gasteiger partial charge in [0.15, 0.2) is 0 Å². The Hall–Kier alpha value is -3.24. The number of hydrogen-bond acceptors (Lipinski definition) is 3. The molecule has 3 aromatic rings. The second-order valence-electron chi connectivity index (χ2n) is 12.2. The Morgan fingerprint density at radius 3 is 1.98 bits per heavy atom. The highest BCUT2D eigenvalue weighted by atomic mass is 32.2. The number of aryl methyl sites for hydroxylation is 4. The van der Waals surface area contributed by atoms with Crippen LogP contribution in [0.15, 0.2) is 89.7 Å². The minimum atomic E-state index is -0.856. The zero-order chi connectivity index (χ0) is 32.2. The molecule has 0 saturated carbocycles. The largest absolute Gasteiger partial charge is 0.399 e. The summed E-state index contributed by atoms with van der Waals surface area (Å²) in [7, 11) is -0.856. The molecule has 3 nitrogen and oxygen atoms in total. The molecule has 0 bridgehead atoms. The summed E-state index contributed by atoms with van der Waals surface area (Å²) in [6, 6.07) is 25.6. The molecule has 44 heavy (non-hydrogen) atoms. The topological polar surface area (TPSA) is 50.4 Å². The van der Waals surface area contributed by atoms with Gasteiger partial charge in [0, 0.05) is 24.6 Å². The van der Waals surface area contributed by atoms with Gasteiger partial charge in [-0.3, -0.25) is 4.99 Å². The number of hydrogen-bond donors (Lipinski definition) is 2. The molecule has 240 valence electrons. The van der Waals surface area contributed by atoms with Gasteiger partial charge < -0.3 is 11.1 Å². The van der Waals surface area contributed by atoms with Gasteiger partial charge in [0.05, 0.1) is 5.70 Å². The number of allylic oxidation sites excluding steroid dienone is 1. The van der Waals surface area contributed by atoms with Crippen molar-refractivity contribution in [2.24, 2.45) is 10.9 Å². The number of aliphatic imine (C=N–C) groups is 1. The van der Waals surface area contributed by atoms with Crippen LogP contribution in [0, 0.1) is 12.8 Å². The highest BCUT2D eigenvalue weighted by Gasteiger charge is 2.08. The number of benzene rings is 3. The van der Waals surface area contributed by atoms with E-state index in [1.165, 1.54) is 67.4 Å². The van der Waals surface area contributed by atoms with Gasteiger partial charge in [-0.1, -0.05) is 106 Å². The van der Waals surface area contributed by atoms with Crippen molar-refractivity contribution < 1.29 is 0 Å². The van der Waals surface area contributed by atoms with Crippen molar-refractivity contribution in [2.75, 3.05) is 24.3 Å². The van der Waals surface area contributed by atoms with Gasteiger partial charge in [-0.15, -0.1) is 0 Å². The number of fused-ring (bicyclic) bond motifs is 1. The Balaban J connectivity index is 0.000000210. The standard InChI is InChI=1S/C14H22S.C11H14.C9H13N.C6H10N2/c1-5-13(12-15(2,3)4)11-14-9-7-6-8-10-14;1-2-6-10-8-4-5-9-11(10)7-3-1;1-3-8-6-9(10)5-4-7(8)2;1-2-6-5-7-3-4-8-6/h6-10,13H,2-3,5,11-12H2,1,4H3;4-5,8-9H,1-3,6-7H2;4-6H,3,10H2,1-2H3;4-5,7H,2-3H2,1H3/t13-;;;/m0.../s1. The van der Waals surface area contributed by atoms with Gasteiger partial charge in [0.1, 0.15) is 0 Å². The van der Waals surface area contributed by atoms with Crippen LogP contribution in [0.1, 0.15) is 80.7 Å². The van der Waals surface area contributed by atoms with Crippen LogP contribution in [0.2, 0.25) is 0 Å². The SMILES string of the molecule is C=S(=C)(C)C[C@@H](CC)Cc1ccccc1.CCC1=CNCC=N1.CCc1cc(N)ccc1C.c1ccc2c(c1)CCCCC2. The number of anilines is 1. The van der Waals surface area contributed by atoms with Gasteiger partial charge in [-0.05, 0) is 110 Å². The van der Waals surface area contributed by atoms with Crippen LogP contribution in [0.25, 0.3) is 0 Å². The van der Waals surface area contributed by atoms with E-state index in [0.29, 0.717) is 0 Å². The normalized spacial score (nSPS) is 14.3.